The molecule has 32 heavy (non-hydrogen) atoms. The van der Waals surface area contributed by atoms with E-state index in [0.29, 0.717) is 11.3 Å². The molecule has 0 radical (unpaired) electrons. The predicted octanol–water partition coefficient (Wildman–Crippen LogP) is 3.86. The fourth-order valence-corrected chi connectivity index (χ4v) is 4.57. The number of nitrogens with zero attached hydrogens (tertiary/aromatic N) is 1. The molecule has 9 nitrogen and oxygen atoms in total. The van der Waals surface area contributed by atoms with Crippen LogP contribution >= 0.6 is 0 Å². The second-order valence-corrected chi connectivity index (χ2v) is 8.36. The monoisotopic (exact) mass is 454 g/mol. The van der Waals surface area contributed by atoms with Gasteiger partial charge in [0.2, 0.25) is 9.84 Å². The van der Waals surface area contributed by atoms with Crippen molar-refractivity contribution < 1.29 is 27.7 Å². The molecule has 0 bridgehead atoms. The SMILES string of the molecule is CCOC(=O)c1ccc(NC(=O)c2ccccc2S(=O)(=O)c2ccccc2[N+](=O)[O-])cc1. The Balaban J connectivity index is 1.94. The Bertz CT molecular complexity index is 1290. The lowest BCUT2D eigenvalue weighted by Gasteiger charge is -2.11. The summed E-state index contributed by atoms with van der Waals surface area (Å²) >= 11 is 0. The normalized spacial score (nSPS) is 10.9. The van der Waals surface area contributed by atoms with Gasteiger partial charge in [-0.1, -0.05) is 24.3 Å². The third-order valence-corrected chi connectivity index (χ3v) is 6.29. The van der Waals surface area contributed by atoms with Gasteiger partial charge in [-0.25, -0.2) is 13.2 Å². The van der Waals surface area contributed by atoms with Gasteiger partial charge in [0.15, 0.2) is 0 Å². The van der Waals surface area contributed by atoms with E-state index < -0.39 is 37.2 Å². The Labute approximate surface area is 183 Å². The fraction of sp³-hybridized carbons (Fsp3) is 0.0909. The third kappa shape index (κ3) is 4.65. The molecule has 0 aliphatic carbocycles. The molecule has 0 aliphatic heterocycles. The first kappa shape index (κ1) is 22.6. The summed E-state index contributed by atoms with van der Waals surface area (Å²) in [5.41, 5.74) is -0.150. The molecule has 164 valence electrons. The van der Waals surface area contributed by atoms with E-state index >= 15 is 0 Å². The van der Waals surface area contributed by atoms with Crippen LogP contribution in [0, 0.1) is 10.1 Å². The highest BCUT2D eigenvalue weighted by molar-refractivity contribution is 7.91. The minimum absolute atomic E-state index is 0.180. The van der Waals surface area contributed by atoms with Gasteiger partial charge in [0.05, 0.1) is 27.6 Å². The van der Waals surface area contributed by atoms with Gasteiger partial charge in [0.1, 0.15) is 4.90 Å². The summed E-state index contributed by atoms with van der Waals surface area (Å²) in [5, 5.41) is 13.9. The highest BCUT2D eigenvalue weighted by atomic mass is 32.2. The van der Waals surface area contributed by atoms with Crippen molar-refractivity contribution in [3.63, 3.8) is 0 Å². The standard InChI is InChI=1S/C22H18N2O7S/c1-2-31-22(26)15-11-13-16(14-12-15)23-21(25)17-7-3-5-9-19(17)32(29,30)20-10-6-4-8-18(20)24(27)28/h3-14H,2H2,1H3,(H,23,25). The molecule has 0 saturated carbocycles. The van der Waals surface area contributed by atoms with Gasteiger partial charge >= 0.3 is 5.97 Å². The van der Waals surface area contributed by atoms with E-state index in [-0.39, 0.29) is 17.1 Å². The van der Waals surface area contributed by atoms with Gasteiger partial charge in [0.25, 0.3) is 11.6 Å². The minimum Gasteiger partial charge on any atom is -0.462 e. The molecule has 3 rings (SSSR count). The number of hydrogen-bond donors (Lipinski definition) is 1. The highest BCUT2D eigenvalue weighted by Gasteiger charge is 2.30. The number of sulfone groups is 1. The number of benzene rings is 3. The Morgan fingerprint density at radius 2 is 1.53 bits per heavy atom. The number of nitrogens with one attached hydrogen (secondary N) is 1. The number of ether oxygens (including phenoxy) is 1. The summed E-state index contributed by atoms with van der Waals surface area (Å²) < 4.78 is 31.3. The number of anilines is 1. The molecule has 0 heterocycles. The van der Waals surface area contributed by atoms with Crippen LogP contribution in [0.15, 0.2) is 82.6 Å². The number of nitro groups is 1. The zero-order valence-corrected chi connectivity index (χ0v) is 17.7. The maximum atomic E-state index is 13.2. The minimum atomic E-state index is -4.37. The van der Waals surface area contributed by atoms with Gasteiger partial charge in [-0.3, -0.25) is 14.9 Å². The van der Waals surface area contributed by atoms with Crippen LogP contribution in [0.3, 0.4) is 0 Å². The molecule has 0 unspecified atom stereocenters. The molecule has 0 aliphatic rings. The van der Waals surface area contributed by atoms with Crippen molar-refractivity contribution in [1.29, 1.82) is 0 Å². The van der Waals surface area contributed by atoms with Crippen LogP contribution in [-0.2, 0) is 14.6 Å². The molecule has 10 heteroatoms. The molecule has 0 spiro atoms. The average Bonchev–Trinajstić information content (AvgIpc) is 2.79. The van der Waals surface area contributed by atoms with Crippen molar-refractivity contribution >= 4 is 33.1 Å². The zero-order chi connectivity index (χ0) is 23.3. The Kier molecular flexibility index (Phi) is 6.64. The number of rotatable bonds is 7. The summed E-state index contributed by atoms with van der Waals surface area (Å²) in [7, 11) is -4.37. The largest absolute Gasteiger partial charge is 0.462 e. The maximum Gasteiger partial charge on any atom is 0.338 e. The van der Waals surface area contributed by atoms with Crippen molar-refractivity contribution in [2.24, 2.45) is 0 Å². The molecule has 0 fully saturated rings. The summed E-state index contributed by atoms with van der Waals surface area (Å²) in [6, 6.07) is 16.2. The van der Waals surface area contributed by atoms with Crippen LogP contribution in [0.2, 0.25) is 0 Å². The van der Waals surface area contributed by atoms with Gasteiger partial charge < -0.3 is 10.1 Å². The number of carbonyl (C=O) groups is 2. The van der Waals surface area contributed by atoms with Crippen molar-refractivity contribution in [2.45, 2.75) is 16.7 Å². The fourth-order valence-electron chi connectivity index (χ4n) is 2.94. The van der Waals surface area contributed by atoms with Crippen LogP contribution < -0.4 is 5.32 Å². The van der Waals surface area contributed by atoms with Crippen molar-refractivity contribution in [3.05, 3.63) is 94.0 Å². The smallest absolute Gasteiger partial charge is 0.338 e. The molecule has 1 amide bonds. The molecule has 1 N–H and O–H groups in total. The number of nitro benzene ring substituents is 1. The van der Waals surface area contributed by atoms with Crippen molar-refractivity contribution in [1.82, 2.24) is 0 Å². The van der Waals surface area contributed by atoms with Gasteiger partial charge in [-0.2, -0.15) is 0 Å². The number of amides is 1. The van der Waals surface area contributed by atoms with E-state index in [4.69, 9.17) is 4.74 Å². The summed E-state index contributed by atoms with van der Waals surface area (Å²) in [6.07, 6.45) is 0. The van der Waals surface area contributed by atoms with Crippen LogP contribution in [0.5, 0.6) is 0 Å². The lowest BCUT2D eigenvalue weighted by Crippen LogP contribution is -2.17. The molecule has 3 aromatic rings. The van der Waals surface area contributed by atoms with Crippen LogP contribution in [0.1, 0.15) is 27.6 Å². The first-order valence-electron chi connectivity index (χ1n) is 9.41. The van der Waals surface area contributed by atoms with E-state index in [9.17, 15) is 28.1 Å². The number of carbonyl (C=O) groups excluding carboxylic acids is 2. The predicted molar refractivity (Wildman–Crippen MR) is 115 cm³/mol. The Hall–Kier alpha value is -4.05. The average molecular weight is 454 g/mol. The summed E-state index contributed by atoms with van der Waals surface area (Å²) in [6.45, 7) is 1.91. The van der Waals surface area contributed by atoms with E-state index in [1.807, 2.05) is 0 Å². The topological polar surface area (TPSA) is 133 Å². The molecule has 0 atom stereocenters. The van der Waals surface area contributed by atoms with Gasteiger partial charge in [-0.15, -0.1) is 0 Å². The second kappa shape index (κ2) is 9.40. The summed E-state index contributed by atoms with van der Waals surface area (Å²) in [5.74, 6) is -1.24. The van der Waals surface area contributed by atoms with Crippen LogP contribution in [0.4, 0.5) is 11.4 Å². The zero-order valence-electron chi connectivity index (χ0n) is 16.8. The van der Waals surface area contributed by atoms with Crippen LogP contribution in [-0.4, -0.2) is 31.8 Å². The molecule has 0 saturated heterocycles. The quantitative estimate of drug-likeness (QED) is 0.326. The molecular weight excluding hydrogens is 436 g/mol. The van der Waals surface area contributed by atoms with E-state index in [1.165, 1.54) is 60.7 Å². The molecular formula is C22H18N2O7S. The molecule has 0 aromatic heterocycles. The van der Waals surface area contributed by atoms with E-state index in [2.05, 4.69) is 5.32 Å². The highest BCUT2D eigenvalue weighted by Crippen LogP contribution is 2.31. The van der Waals surface area contributed by atoms with Crippen molar-refractivity contribution in [3.8, 4) is 0 Å². The lowest BCUT2D eigenvalue weighted by atomic mass is 10.2. The van der Waals surface area contributed by atoms with E-state index in [1.54, 1.807) is 6.92 Å². The van der Waals surface area contributed by atoms with Crippen LogP contribution in [0.25, 0.3) is 0 Å². The number of hydrogen-bond acceptors (Lipinski definition) is 7. The molecule has 3 aromatic carbocycles. The third-order valence-electron chi connectivity index (χ3n) is 4.43. The number of esters is 1. The Morgan fingerprint density at radius 1 is 0.938 bits per heavy atom. The first-order valence-corrected chi connectivity index (χ1v) is 10.9. The Morgan fingerprint density at radius 3 is 2.16 bits per heavy atom. The van der Waals surface area contributed by atoms with Crippen molar-refractivity contribution in [2.75, 3.05) is 11.9 Å². The maximum absolute atomic E-state index is 13.2. The van der Waals surface area contributed by atoms with Gasteiger partial charge in [0, 0.05) is 11.8 Å². The first-order chi connectivity index (χ1) is 15.3. The lowest BCUT2D eigenvalue weighted by molar-refractivity contribution is -0.387. The second-order valence-electron chi connectivity index (χ2n) is 6.48. The van der Waals surface area contributed by atoms with Gasteiger partial charge in [-0.05, 0) is 49.4 Å². The number of para-hydroxylation sites is 1. The summed E-state index contributed by atoms with van der Waals surface area (Å²) in [4.78, 5) is 34.2. The van der Waals surface area contributed by atoms with E-state index in [0.717, 1.165) is 12.1 Å².